The van der Waals surface area contributed by atoms with Gasteiger partial charge in [-0.2, -0.15) is 18.3 Å². The molecule has 0 aliphatic rings. The SMILES string of the molecule is O=C(Nc1cc(Cl)ccc1-n1cccn1)OCC(F)(F)F. The van der Waals surface area contributed by atoms with E-state index in [2.05, 4.69) is 15.2 Å². The number of hydrogen-bond donors (Lipinski definition) is 1. The van der Waals surface area contributed by atoms with Gasteiger partial charge in [0.1, 0.15) is 0 Å². The monoisotopic (exact) mass is 319 g/mol. The van der Waals surface area contributed by atoms with E-state index >= 15 is 0 Å². The summed E-state index contributed by atoms with van der Waals surface area (Å²) in [6, 6.07) is 6.16. The number of rotatable bonds is 3. The molecule has 0 saturated heterocycles. The zero-order valence-electron chi connectivity index (χ0n) is 10.4. The molecule has 0 unspecified atom stereocenters. The lowest BCUT2D eigenvalue weighted by Crippen LogP contribution is -2.23. The second kappa shape index (κ2) is 6.04. The van der Waals surface area contributed by atoms with Crippen LogP contribution in [0.25, 0.3) is 5.69 Å². The Morgan fingerprint density at radius 3 is 2.81 bits per heavy atom. The summed E-state index contributed by atoms with van der Waals surface area (Å²) in [6.07, 6.45) is -2.70. The molecule has 2 rings (SSSR count). The number of nitrogens with zero attached hydrogens (tertiary/aromatic N) is 2. The van der Waals surface area contributed by atoms with E-state index in [1.165, 1.54) is 16.9 Å². The Kier molecular flexibility index (Phi) is 4.37. The van der Waals surface area contributed by atoms with Gasteiger partial charge in [-0.1, -0.05) is 11.6 Å². The standard InChI is InChI=1S/C12H9ClF3N3O2/c13-8-2-3-10(19-5-1-4-17-19)9(6-8)18-11(20)21-7-12(14,15)16/h1-6H,7H2,(H,18,20). The van der Waals surface area contributed by atoms with Crippen molar-refractivity contribution in [2.24, 2.45) is 0 Å². The molecular weight excluding hydrogens is 311 g/mol. The van der Waals surface area contributed by atoms with Crippen LogP contribution in [0.1, 0.15) is 0 Å². The van der Waals surface area contributed by atoms with Crippen LogP contribution in [0.5, 0.6) is 0 Å². The lowest BCUT2D eigenvalue weighted by atomic mass is 10.2. The van der Waals surface area contributed by atoms with Crippen LogP contribution in [0.4, 0.5) is 23.7 Å². The highest BCUT2D eigenvalue weighted by Gasteiger charge is 2.29. The first-order valence-corrected chi connectivity index (χ1v) is 6.03. The number of carbonyl (C=O) groups is 1. The lowest BCUT2D eigenvalue weighted by Gasteiger charge is -2.12. The fourth-order valence-corrected chi connectivity index (χ4v) is 1.69. The molecule has 1 heterocycles. The Labute approximate surface area is 122 Å². The highest BCUT2D eigenvalue weighted by molar-refractivity contribution is 6.31. The Balaban J connectivity index is 2.16. The first kappa shape index (κ1) is 15.2. The van der Waals surface area contributed by atoms with Gasteiger partial charge in [-0.25, -0.2) is 9.48 Å². The third-order valence-electron chi connectivity index (χ3n) is 2.31. The van der Waals surface area contributed by atoms with E-state index in [-0.39, 0.29) is 5.69 Å². The molecule has 0 spiro atoms. The fraction of sp³-hybridized carbons (Fsp3) is 0.167. The maximum atomic E-state index is 12.0. The van der Waals surface area contributed by atoms with Gasteiger partial charge in [0, 0.05) is 17.4 Å². The van der Waals surface area contributed by atoms with Crippen molar-refractivity contribution in [1.82, 2.24) is 9.78 Å². The molecule has 21 heavy (non-hydrogen) atoms. The third-order valence-corrected chi connectivity index (χ3v) is 2.55. The van der Waals surface area contributed by atoms with Crippen LogP contribution in [0.2, 0.25) is 5.02 Å². The normalized spacial score (nSPS) is 11.2. The van der Waals surface area contributed by atoms with Crippen LogP contribution in [0.15, 0.2) is 36.7 Å². The van der Waals surface area contributed by atoms with Crippen LogP contribution >= 0.6 is 11.6 Å². The number of hydrogen-bond acceptors (Lipinski definition) is 3. The summed E-state index contributed by atoms with van der Waals surface area (Å²) in [5, 5.41) is 6.48. The van der Waals surface area contributed by atoms with Gasteiger partial charge in [0.25, 0.3) is 0 Å². The number of halogens is 4. The zero-order chi connectivity index (χ0) is 15.5. The van der Waals surface area contributed by atoms with Crippen LogP contribution in [0, 0.1) is 0 Å². The minimum Gasteiger partial charge on any atom is -0.440 e. The zero-order valence-corrected chi connectivity index (χ0v) is 11.1. The summed E-state index contributed by atoms with van der Waals surface area (Å²) in [5.41, 5.74) is 0.617. The molecule has 0 aliphatic heterocycles. The molecule has 9 heteroatoms. The molecule has 2 aromatic rings. The quantitative estimate of drug-likeness (QED) is 0.939. The molecule has 0 aliphatic carbocycles. The molecule has 0 fully saturated rings. The Morgan fingerprint density at radius 2 is 2.19 bits per heavy atom. The molecule has 0 atom stereocenters. The number of aromatic nitrogens is 2. The van der Waals surface area contributed by atoms with Crippen LogP contribution < -0.4 is 5.32 Å². The van der Waals surface area contributed by atoms with E-state index in [1.807, 2.05) is 0 Å². The van der Waals surface area contributed by atoms with Crippen molar-refractivity contribution in [1.29, 1.82) is 0 Å². The van der Waals surface area contributed by atoms with Gasteiger partial charge in [0.15, 0.2) is 6.61 Å². The first-order chi connectivity index (χ1) is 9.85. The van der Waals surface area contributed by atoms with E-state index in [1.54, 1.807) is 24.4 Å². The van der Waals surface area contributed by atoms with Crippen molar-refractivity contribution >= 4 is 23.4 Å². The molecule has 1 amide bonds. The van der Waals surface area contributed by atoms with Crippen molar-refractivity contribution in [3.63, 3.8) is 0 Å². The van der Waals surface area contributed by atoms with E-state index in [9.17, 15) is 18.0 Å². The highest BCUT2D eigenvalue weighted by atomic mass is 35.5. The van der Waals surface area contributed by atoms with E-state index < -0.39 is 18.9 Å². The minimum atomic E-state index is -4.59. The largest absolute Gasteiger partial charge is 0.440 e. The van der Waals surface area contributed by atoms with Gasteiger partial charge >= 0.3 is 12.3 Å². The Bertz CT molecular complexity index is 629. The maximum Gasteiger partial charge on any atom is 0.422 e. The summed E-state index contributed by atoms with van der Waals surface area (Å²) in [7, 11) is 0. The molecule has 0 saturated carbocycles. The van der Waals surface area contributed by atoms with Crippen LogP contribution in [-0.4, -0.2) is 28.7 Å². The van der Waals surface area contributed by atoms with Gasteiger partial charge in [-0.3, -0.25) is 5.32 Å². The second-order valence-electron chi connectivity index (χ2n) is 3.93. The van der Waals surface area contributed by atoms with Gasteiger partial charge in [0.05, 0.1) is 11.4 Å². The van der Waals surface area contributed by atoms with E-state index in [0.29, 0.717) is 10.7 Å². The topological polar surface area (TPSA) is 56.2 Å². The summed E-state index contributed by atoms with van der Waals surface area (Å²) >= 11 is 5.81. The number of alkyl halides is 3. The average Bonchev–Trinajstić information content (AvgIpc) is 2.89. The van der Waals surface area contributed by atoms with Gasteiger partial charge in [-0.05, 0) is 24.3 Å². The summed E-state index contributed by atoms with van der Waals surface area (Å²) in [5.74, 6) is 0. The number of ether oxygens (including phenoxy) is 1. The first-order valence-electron chi connectivity index (χ1n) is 5.65. The molecular formula is C12H9ClF3N3O2. The minimum absolute atomic E-state index is 0.179. The molecule has 1 N–H and O–H groups in total. The Morgan fingerprint density at radius 1 is 1.43 bits per heavy atom. The summed E-state index contributed by atoms with van der Waals surface area (Å²) in [4.78, 5) is 11.4. The number of nitrogens with one attached hydrogen (secondary N) is 1. The maximum absolute atomic E-state index is 12.0. The van der Waals surface area contributed by atoms with E-state index in [0.717, 1.165) is 0 Å². The molecule has 1 aromatic heterocycles. The fourth-order valence-electron chi connectivity index (χ4n) is 1.51. The second-order valence-corrected chi connectivity index (χ2v) is 4.36. The predicted molar refractivity (Wildman–Crippen MR) is 69.6 cm³/mol. The van der Waals surface area contributed by atoms with Crippen molar-refractivity contribution in [3.05, 3.63) is 41.7 Å². The van der Waals surface area contributed by atoms with Gasteiger partial charge < -0.3 is 4.74 Å². The van der Waals surface area contributed by atoms with Gasteiger partial charge in [-0.15, -0.1) is 0 Å². The molecule has 0 radical (unpaired) electrons. The van der Waals surface area contributed by atoms with Crippen molar-refractivity contribution in [2.45, 2.75) is 6.18 Å². The third kappa shape index (κ3) is 4.38. The smallest absolute Gasteiger partial charge is 0.422 e. The number of amides is 1. The van der Waals surface area contributed by atoms with E-state index in [4.69, 9.17) is 11.6 Å². The predicted octanol–water partition coefficient (Wildman–Crippen LogP) is 3.64. The van der Waals surface area contributed by atoms with Crippen LogP contribution in [0.3, 0.4) is 0 Å². The molecule has 0 bridgehead atoms. The lowest BCUT2D eigenvalue weighted by molar-refractivity contribution is -0.159. The molecule has 1 aromatic carbocycles. The number of carbonyl (C=O) groups excluding carboxylic acids is 1. The summed E-state index contributed by atoms with van der Waals surface area (Å²) in [6.45, 7) is -1.67. The highest BCUT2D eigenvalue weighted by Crippen LogP contribution is 2.24. The van der Waals surface area contributed by atoms with Crippen molar-refractivity contribution in [3.8, 4) is 5.69 Å². The molecule has 5 nitrogen and oxygen atoms in total. The Hall–Kier alpha value is -2.22. The van der Waals surface area contributed by atoms with Crippen molar-refractivity contribution < 1.29 is 22.7 Å². The summed E-state index contributed by atoms with van der Waals surface area (Å²) < 4.78 is 41.4. The number of benzene rings is 1. The molecule has 112 valence electrons. The van der Waals surface area contributed by atoms with Crippen molar-refractivity contribution in [2.75, 3.05) is 11.9 Å². The van der Waals surface area contributed by atoms with Gasteiger partial charge in [0.2, 0.25) is 0 Å². The average molecular weight is 320 g/mol. The van der Waals surface area contributed by atoms with Crippen LogP contribution in [-0.2, 0) is 4.74 Å². The number of anilines is 1.